The van der Waals surface area contributed by atoms with Gasteiger partial charge in [0.15, 0.2) is 6.10 Å². The fraction of sp³-hybridized carbons (Fsp3) is 0.235. The second-order valence-electron chi connectivity index (χ2n) is 5.11. The Morgan fingerprint density at radius 1 is 1.21 bits per heavy atom. The van der Waals surface area contributed by atoms with Gasteiger partial charge in [0.2, 0.25) is 5.91 Å². The molecule has 0 radical (unpaired) electrons. The third-order valence-corrected chi connectivity index (χ3v) is 3.18. The number of nitrogens with one attached hydrogen (secondary N) is 2. The summed E-state index contributed by atoms with van der Waals surface area (Å²) in [5.74, 6) is -0.850. The Bertz CT molecular complexity index is 677. The molecule has 2 amide bonds. The first-order valence-electron chi connectivity index (χ1n) is 7.44. The van der Waals surface area contributed by atoms with Crippen molar-refractivity contribution in [2.24, 2.45) is 0 Å². The van der Waals surface area contributed by atoms with Crippen LogP contribution in [0.1, 0.15) is 18.9 Å². The van der Waals surface area contributed by atoms with Gasteiger partial charge in [0.25, 0.3) is 5.91 Å². The highest BCUT2D eigenvalue weighted by atomic mass is 19.1. The number of ether oxygens (including phenoxy) is 1. The highest BCUT2D eigenvalue weighted by molar-refractivity contribution is 5.84. The lowest BCUT2D eigenvalue weighted by molar-refractivity contribution is -0.132. The predicted molar refractivity (Wildman–Crippen MR) is 85.3 cm³/mol. The number of halogens is 1. The summed E-state index contributed by atoms with van der Waals surface area (Å²) < 4.78 is 18.2. The second-order valence-corrected chi connectivity index (χ2v) is 5.11. The number of nitrogens with zero attached hydrogens (tertiary/aromatic N) is 1. The van der Waals surface area contributed by atoms with E-state index < -0.39 is 12.0 Å². The van der Waals surface area contributed by atoms with Crippen LogP contribution in [0.3, 0.4) is 0 Å². The molecule has 126 valence electrons. The molecule has 0 saturated carbocycles. The lowest BCUT2D eigenvalue weighted by Gasteiger charge is -2.15. The lowest BCUT2D eigenvalue weighted by Crippen LogP contribution is -2.47. The summed E-state index contributed by atoms with van der Waals surface area (Å²) in [5, 5.41) is 0. The summed E-state index contributed by atoms with van der Waals surface area (Å²) in [6, 6.07) is 8.98. The Morgan fingerprint density at radius 2 is 1.96 bits per heavy atom. The zero-order valence-corrected chi connectivity index (χ0v) is 13.2. The van der Waals surface area contributed by atoms with Gasteiger partial charge in [-0.3, -0.25) is 25.4 Å². The molecular weight excluding hydrogens is 313 g/mol. The van der Waals surface area contributed by atoms with Gasteiger partial charge in [-0.05, 0) is 49.2 Å². The summed E-state index contributed by atoms with van der Waals surface area (Å²) >= 11 is 0. The fourth-order valence-electron chi connectivity index (χ4n) is 1.87. The number of hydrogen-bond donors (Lipinski definition) is 2. The van der Waals surface area contributed by atoms with E-state index >= 15 is 0 Å². The van der Waals surface area contributed by atoms with Crippen LogP contribution in [0.4, 0.5) is 4.39 Å². The topological polar surface area (TPSA) is 80.3 Å². The van der Waals surface area contributed by atoms with Gasteiger partial charge >= 0.3 is 0 Å². The minimum atomic E-state index is -0.839. The Labute approximate surface area is 139 Å². The van der Waals surface area contributed by atoms with Crippen LogP contribution < -0.4 is 15.6 Å². The van der Waals surface area contributed by atoms with E-state index in [4.69, 9.17) is 4.74 Å². The summed E-state index contributed by atoms with van der Waals surface area (Å²) in [4.78, 5) is 27.5. The summed E-state index contributed by atoms with van der Waals surface area (Å²) in [6.45, 7) is 1.53. The number of benzene rings is 1. The molecule has 0 bridgehead atoms. The first kappa shape index (κ1) is 17.4. The fourth-order valence-corrected chi connectivity index (χ4v) is 1.87. The van der Waals surface area contributed by atoms with E-state index in [2.05, 4.69) is 15.8 Å². The smallest absolute Gasteiger partial charge is 0.279 e. The Hall–Kier alpha value is -2.96. The molecule has 2 aromatic rings. The third-order valence-electron chi connectivity index (χ3n) is 3.18. The molecule has 0 saturated heterocycles. The second kappa shape index (κ2) is 8.61. The van der Waals surface area contributed by atoms with Crippen molar-refractivity contribution >= 4 is 11.8 Å². The maximum Gasteiger partial charge on any atom is 0.279 e. The van der Waals surface area contributed by atoms with Crippen LogP contribution in [0, 0.1) is 5.82 Å². The number of amides is 2. The van der Waals surface area contributed by atoms with Crippen molar-refractivity contribution in [3.8, 4) is 5.75 Å². The van der Waals surface area contributed by atoms with Crippen molar-refractivity contribution in [1.29, 1.82) is 0 Å². The van der Waals surface area contributed by atoms with Crippen LogP contribution in [0.15, 0.2) is 48.8 Å². The van der Waals surface area contributed by atoms with Gasteiger partial charge in [-0.15, -0.1) is 0 Å². The van der Waals surface area contributed by atoms with Crippen LogP contribution in [0.2, 0.25) is 0 Å². The van der Waals surface area contributed by atoms with Gasteiger partial charge in [0.05, 0.1) is 0 Å². The standard InChI is InChI=1S/C17H18FN3O3/c1-12(24-15-7-5-14(18)6-8-15)17(23)21-20-16(22)9-4-13-3-2-10-19-11-13/h2-3,5-8,10-12H,4,9H2,1H3,(H,20,22)(H,21,23)/t12-/m0/s1. The molecule has 0 aliphatic heterocycles. The molecule has 2 rings (SSSR count). The van der Waals surface area contributed by atoms with E-state index in [1.165, 1.54) is 31.2 Å². The molecule has 2 N–H and O–H groups in total. The van der Waals surface area contributed by atoms with Gasteiger partial charge in [0, 0.05) is 18.8 Å². The van der Waals surface area contributed by atoms with Crippen molar-refractivity contribution in [3.63, 3.8) is 0 Å². The maximum absolute atomic E-state index is 12.8. The number of hydrogen-bond acceptors (Lipinski definition) is 4. The summed E-state index contributed by atoms with van der Waals surface area (Å²) in [6.07, 6.45) is 3.25. The quantitative estimate of drug-likeness (QED) is 0.791. The van der Waals surface area contributed by atoms with E-state index in [9.17, 15) is 14.0 Å². The van der Waals surface area contributed by atoms with Crippen molar-refractivity contribution in [2.45, 2.75) is 25.9 Å². The van der Waals surface area contributed by atoms with Crippen molar-refractivity contribution in [1.82, 2.24) is 15.8 Å². The zero-order chi connectivity index (χ0) is 17.4. The van der Waals surface area contributed by atoms with E-state index in [-0.39, 0.29) is 18.1 Å². The number of aryl methyl sites for hydroxylation is 1. The summed E-state index contributed by atoms with van der Waals surface area (Å²) in [5.41, 5.74) is 5.56. The van der Waals surface area contributed by atoms with Gasteiger partial charge in [-0.1, -0.05) is 6.07 Å². The Morgan fingerprint density at radius 3 is 2.62 bits per heavy atom. The first-order valence-corrected chi connectivity index (χ1v) is 7.44. The van der Waals surface area contributed by atoms with E-state index in [1.54, 1.807) is 18.5 Å². The minimum absolute atomic E-state index is 0.221. The number of carbonyl (C=O) groups is 2. The third kappa shape index (κ3) is 5.68. The number of rotatable bonds is 6. The Balaban J connectivity index is 1.71. The molecule has 1 atom stereocenters. The van der Waals surface area contributed by atoms with Crippen LogP contribution in [0.5, 0.6) is 5.75 Å². The highest BCUT2D eigenvalue weighted by Gasteiger charge is 2.15. The predicted octanol–water partition coefficient (Wildman–Crippen LogP) is 1.77. The minimum Gasteiger partial charge on any atom is -0.481 e. The molecule has 6 nitrogen and oxygen atoms in total. The van der Waals surface area contributed by atoms with Crippen LogP contribution in [0.25, 0.3) is 0 Å². The van der Waals surface area contributed by atoms with Crippen LogP contribution in [-0.4, -0.2) is 22.9 Å². The molecule has 7 heteroatoms. The number of pyridine rings is 1. The average molecular weight is 331 g/mol. The summed E-state index contributed by atoms with van der Waals surface area (Å²) in [7, 11) is 0. The molecule has 0 fully saturated rings. The first-order chi connectivity index (χ1) is 11.5. The molecule has 24 heavy (non-hydrogen) atoms. The Kier molecular flexibility index (Phi) is 6.24. The van der Waals surface area contributed by atoms with Crippen LogP contribution >= 0.6 is 0 Å². The van der Waals surface area contributed by atoms with E-state index in [1.807, 2.05) is 6.07 Å². The SMILES string of the molecule is C[C@H](Oc1ccc(F)cc1)C(=O)NNC(=O)CCc1cccnc1. The zero-order valence-electron chi connectivity index (χ0n) is 13.2. The molecule has 1 aromatic heterocycles. The van der Waals surface area contributed by atoms with E-state index in [0.29, 0.717) is 12.2 Å². The lowest BCUT2D eigenvalue weighted by atomic mass is 10.1. The van der Waals surface area contributed by atoms with Gasteiger partial charge in [-0.2, -0.15) is 0 Å². The van der Waals surface area contributed by atoms with Crippen molar-refractivity contribution < 1.29 is 18.7 Å². The molecule has 0 unspecified atom stereocenters. The van der Waals surface area contributed by atoms with Crippen molar-refractivity contribution in [2.75, 3.05) is 0 Å². The molecule has 1 aromatic carbocycles. The highest BCUT2D eigenvalue weighted by Crippen LogP contribution is 2.12. The average Bonchev–Trinajstić information content (AvgIpc) is 2.60. The van der Waals surface area contributed by atoms with Crippen LogP contribution in [-0.2, 0) is 16.0 Å². The van der Waals surface area contributed by atoms with Crippen molar-refractivity contribution in [3.05, 3.63) is 60.2 Å². The normalized spacial score (nSPS) is 11.4. The molecule has 0 spiro atoms. The van der Waals surface area contributed by atoms with Gasteiger partial charge in [-0.25, -0.2) is 4.39 Å². The largest absolute Gasteiger partial charge is 0.481 e. The van der Waals surface area contributed by atoms with E-state index in [0.717, 1.165) is 5.56 Å². The molecule has 0 aliphatic carbocycles. The number of hydrazine groups is 1. The number of aromatic nitrogens is 1. The molecule has 1 heterocycles. The maximum atomic E-state index is 12.8. The van der Waals surface area contributed by atoms with Gasteiger partial charge in [0.1, 0.15) is 11.6 Å². The molecular formula is C17H18FN3O3. The molecule has 0 aliphatic rings. The van der Waals surface area contributed by atoms with Gasteiger partial charge < -0.3 is 4.74 Å². The monoisotopic (exact) mass is 331 g/mol. The number of carbonyl (C=O) groups excluding carboxylic acids is 2.